The Kier molecular flexibility index (Phi) is 6.81. The van der Waals surface area contributed by atoms with E-state index in [0.29, 0.717) is 13.0 Å². The summed E-state index contributed by atoms with van der Waals surface area (Å²) >= 11 is 0. The van der Waals surface area contributed by atoms with Gasteiger partial charge in [0.05, 0.1) is 12.1 Å². The lowest BCUT2D eigenvalue weighted by molar-refractivity contribution is -0.131. The van der Waals surface area contributed by atoms with Gasteiger partial charge in [-0.25, -0.2) is 4.39 Å². The molecule has 0 fully saturated rings. The first-order valence-electron chi connectivity index (χ1n) is 6.90. The van der Waals surface area contributed by atoms with Gasteiger partial charge in [0.25, 0.3) is 5.91 Å². The molecular weight excluding hydrogens is 275 g/mol. The van der Waals surface area contributed by atoms with Gasteiger partial charge >= 0.3 is 0 Å². The van der Waals surface area contributed by atoms with Crippen LogP contribution in [0.2, 0.25) is 0 Å². The van der Waals surface area contributed by atoms with E-state index in [2.05, 4.69) is 5.32 Å². The minimum absolute atomic E-state index is 0.00190. The fourth-order valence-electron chi connectivity index (χ4n) is 1.91. The number of aliphatic hydroxyl groups is 1. The van der Waals surface area contributed by atoms with Gasteiger partial charge < -0.3 is 15.3 Å². The van der Waals surface area contributed by atoms with Crippen molar-refractivity contribution in [2.45, 2.75) is 26.3 Å². The lowest BCUT2D eigenvalue weighted by atomic mass is 10.2. The summed E-state index contributed by atoms with van der Waals surface area (Å²) in [4.78, 5) is 25.4. The average Bonchev–Trinajstić information content (AvgIpc) is 2.45. The molecule has 0 heterocycles. The molecule has 0 atom stereocenters. The highest BCUT2D eigenvalue weighted by Crippen LogP contribution is 2.06. The summed E-state index contributed by atoms with van der Waals surface area (Å²) in [5.41, 5.74) is -0.0863. The maximum atomic E-state index is 13.4. The molecule has 1 aromatic rings. The third-order valence-electron chi connectivity index (χ3n) is 3.02. The van der Waals surface area contributed by atoms with Crippen molar-refractivity contribution >= 4 is 11.8 Å². The number of halogens is 1. The Morgan fingerprint density at radius 1 is 1.33 bits per heavy atom. The predicted molar refractivity (Wildman–Crippen MR) is 77.3 cm³/mol. The van der Waals surface area contributed by atoms with Gasteiger partial charge in [0.1, 0.15) is 5.82 Å². The van der Waals surface area contributed by atoms with E-state index in [4.69, 9.17) is 5.11 Å². The normalized spacial score (nSPS) is 10.5. The zero-order valence-corrected chi connectivity index (χ0v) is 12.3. The van der Waals surface area contributed by atoms with Crippen molar-refractivity contribution in [3.8, 4) is 0 Å². The molecule has 21 heavy (non-hydrogen) atoms. The highest BCUT2D eigenvalue weighted by Gasteiger charge is 2.18. The van der Waals surface area contributed by atoms with E-state index in [1.165, 1.54) is 18.2 Å². The van der Waals surface area contributed by atoms with E-state index >= 15 is 0 Å². The van der Waals surface area contributed by atoms with E-state index in [1.54, 1.807) is 11.0 Å². The maximum absolute atomic E-state index is 13.4. The minimum atomic E-state index is -0.622. The van der Waals surface area contributed by atoms with Crippen molar-refractivity contribution in [1.82, 2.24) is 10.2 Å². The summed E-state index contributed by atoms with van der Waals surface area (Å²) in [6.45, 7) is 3.93. The molecule has 0 spiro atoms. The van der Waals surface area contributed by atoms with Crippen molar-refractivity contribution in [2.75, 3.05) is 19.7 Å². The maximum Gasteiger partial charge on any atom is 0.254 e. The summed E-state index contributed by atoms with van der Waals surface area (Å²) in [7, 11) is 0. The van der Waals surface area contributed by atoms with Crippen LogP contribution in [0.3, 0.4) is 0 Å². The molecule has 1 rings (SSSR count). The second-order valence-electron chi connectivity index (χ2n) is 4.92. The SMILES string of the molecule is CC(C)N(CCCO)C(=O)CNC(=O)c1ccccc1F. The van der Waals surface area contributed by atoms with Gasteiger partial charge in [0.2, 0.25) is 5.91 Å². The second kappa shape index (κ2) is 8.36. The highest BCUT2D eigenvalue weighted by molar-refractivity contribution is 5.96. The quantitative estimate of drug-likeness (QED) is 0.793. The van der Waals surface area contributed by atoms with Crippen LogP contribution in [0.15, 0.2) is 24.3 Å². The van der Waals surface area contributed by atoms with Gasteiger partial charge in [-0.3, -0.25) is 9.59 Å². The number of carbonyl (C=O) groups excluding carboxylic acids is 2. The zero-order valence-electron chi connectivity index (χ0n) is 12.3. The standard InChI is InChI=1S/C15H21FN2O3/c1-11(2)18(8-5-9-19)14(20)10-17-15(21)12-6-3-4-7-13(12)16/h3-4,6-7,11,19H,5,8-10H2,1-2H3,(H,17,21). The molecule has 0 saturated heterocycles. The van der Waals surface area contributed by atoms with Crippen LogP contribution in [-0.4, -0.2) is 47.6 Å². The molecule has 0 aromatic heterocycles. The predicted octanol–water partition coefficient (Wildman–Crippen LogP) is 1.17. The number of hydrogen-bond donors (Lipinski definition) is 2. The van der Waals surface area contributed by atoms with E-state index in [1.807, 2.05) is 13.8 Å². The van der Waals surface area contributed by atoms with Gasteiger partial charge in [-0.2, -0.15) is 0 Å². The molecular formula is C15H21FN2O3. The second-order valence-corrected chi connectivity index (χ2v) is 4.92. The van der Waals surface area contributed by atoms with Crippen LogP contribution in [0.25, 0.3) is 0 Å². The third kappa shape index (κ3) is 5.15. The van der Waals surface area contributed by atoms with Crippen LogP contribution < -0.4 is 5.32 Å². The number of nitrogens with zero attached hydrogens (tertiary/aromatic N) is 1. The van der Waals surface area contributed by atoms with Gasteiger partial charge in [0.15, 0.2) is 0 Å². The first-order valence-corrected chi connectivity index (χ1v) is 6.90. The number of aliphatic hydroxyl groups excluding tert-OH is 1. The Bertz CT molecular complexity index is 492. The average molecular weight is 296 g/mol. The molecule has 0 radical (unpaired) electrons. The molecule has 0 saturated carbocycles. The number of carbonyl (C=O) groups is 2. The number of hydrogen-bond acceptors (Lipinski definition) is 3. The topological polar surface area (TPSA) is 69.6 Å². The summed E-state index contributed by atoms with van der Waals surface area (Å²) in [6.07, 6.45) is 0.477. The lowest BCUT2D eigenvalue weighted by Crippen LogP contribution is -2.44. The molecule has 0 aliphatic rings. The minimum Gasteiger partial charge on any atom is -0.396 e. The molecule has 0 bridgehead atoms. The van der Waals surface area contributed by atoms with E-state index < -0.39 is 11.7 Å². The third-order valence-corrected chi connectivity index (χ3v) is 3.02. The van der Waals surface area contributed by atoms with Crippen LogP contribution in [-0.2, 0) is 4.79 Å². The molecule has 1 aromatic carbocycles. The summed E-state index contributed by atoms with van der Waals surface area (Å²) in [5, 5.41) is 11.2. The molecule has 0 aliphatic carbocycles. The fraction of sp³-hybridized carbons (Fsp3) is 0.467. The van der Waals surface area contributed by atoms with Crippen LogP contribution in [0.1, 0.15) is 30.6 Å². The molecule has 0 unspecified atom stereocenters. The van der Waals surface area contributed by atoms with Gasteiger partial charge in [-0.1, -0.05) is 12.1 Å². The first-order chi connectivity index (χ1) is 9.97. The molecule has 2 amide bonds. The van der Waals surface area contributed by atoms with E-state index in [0.717, 1.165) is 0 Å². The van der Waals surface area contributed by atoms with Crippen molar-refractivity contribution < 1.29 is 19.1 Å². The molecule has 2 N–H and O–H groups in total. The van der Waals surface area contributed by atoms with Crippen molar-refractivity contribution in [1.29, 1.82) is 0 Å². The Balaban J connectivity index is 2.58. The molecule has 0 aliphatic heterocycles. The molecule has 116 valence electrons. The number of benzene rings is 1. The Morgan fingerprint density at radius 3 is 2.57 bits per heavy atom. The largest absolute Gasteiger partial charge is 0.396 e. The number of amides is 2. The van der Waals surface area contributed by atoms with Gasteiger partial charge in [-0.05, 0) is 32.4 Å². The zero-order chi connectivity index (χ0) is 15.8. The van der Waals surface area contributed by atoms with Gasteiger partial charge in [-0.15, -0.1) is 0 Å². The van der Waals surface area contributed by atoms with E-state index in [-0.39, 0.29) is 30.7 Å². The van der Waals surface area contributed by atoms with Crippen molar-refractivity contribution in [2.24, 2.45) is 0 Å². The monoisotopic (exact) mass is 296 g/mol. The van der Waals surface area contributed by atoms with Crippen molar-refractivity contribution in [3.05, 3.63) is 35.6 Å². The summed E-state index contributed by atoms with van der Waals surface area (Å²) < 4.78 is 13.4. The Hall–Kier alpha value is -1.95. The summed E-state index contributed by atoms with van der Waals surface area (Å²) in [6, 6.07) is 5.57. The van der Waals surface area contributed by atoms with Crippen LogP contribution in [0, 0.1) is 5.82 Å². The highest BCUT2D eigenvalue weighted by atomic mass is 19.1. The van der Waals surface area contributed by atoms with Gasteiger partial charge in [0, 0.05) is 19.2 Å². The smallest absolute Gasteiger partial charge is 0.254 e. The Labute approximate surface area is 123 Å². The number of rotatable bonds is 7. The molecule has 5 nitrogen and oxygen atoms in total. The van der Waals surface area contributed by atoms with Crippen molar-refractivity contribution in [3.63, 3.8) is 0 Å². The molecule has 6 heteroatoms. The fourth-order valence-corrected chi connectivity index (χ4v) is 1.91. The first kappa shape index (κ1) is 17.1. The van der Waals surface area contributed by atoms with Crippen LogP contribution >= 0.6 is 0 Å². The summed E-state index contributed by atoms with van der Waals surface area (Å²) in [5.74, 6) is -1.50. The lowest BCUT2D eigenvalue weighted by Gasteiger charge is -2.26. The van der Waals surface area contributed by atoms with Crippen LogP contribution in [0.5, 0.6) is 0 Å². The van der Waals surface area contributed by atoms with E-state index in [9.17, 15) is 14.0 Å². The Morgan fingerprint density at radius 2 is 2.00 bits per heavy atom. The van der Waals surface area contributed by atoms with Crippen LogP contribution in [0.4, 0.5) is 4.39 Å². The number of nitrogens with one attached hydrogen (secondary N) is 1.